The fourth-order valence-electron chi connectivity index (χ4n) is 2.39. The first-order valence-corrected chi connectivity index (χ1v) is 8.45. The van der Waals surface area contributed by atoms with Gasteiger partial charge >= 0.3 is 18.4 Å². The fourth-order valence-corrected chi connectivity index (χ4v) is 2.39. The first-order chi connectivity index (χ1) is 12.3. The molecule has 0 spiro atoms. The van der Waals surface area contributed by atoms with E-state index in [0.29, 0.717) is 0 Å². The molecule has 0 heterocycles. The molecule has 152 valence electrons. The molecule has 0 aliphatic rings. The van der Waals surface area contributed by atoms with Gasteiger partial charge in [0, 0.05) is 25.6 Å². The predicted octanol–water partition coefficient (Wildman–Crippen LogP) is 4.31. The Balaban J connectivity index is 3.04. The topological polar surface area (TPSA) is 78.9 Å². The van der Waals surface area contributed by atoms with Gasteiger partial charge in [0.1, 0.15) is 5.60 Å². The van der Waals surface area contributed by atoms with Crippen LogP contribution < -0.4 is 5.32 Å². The Bertz CT molecular complexity index is 657. The maximum Gasteiger partial charge on any atom is 0.416 e. The normalized spacial score (nSPS) is 13.0. The Kier molecular flexibility index (Phi) is 7.50. The molecule has 0 aliphatic carbocycles. The van der Waals surface area contributed by atoms with Crippen molar-refractivity contribution in [3.05, 3.63) is 35.4 Å². The second kappa shape index (κ2) is 8.96. The van der Waals surface area contributed by atoms with Gasteiger partial charge in [-0.2, -0.15) is 13.2 Å². The number of likely N-dealkylation sites (N-methyl/N-ethyl adjacent to an activating group) is 1. The van der Waals surface area contributed by atoms with Gasteiger partial charge in [-0.1, -0.05) is 18.2 Å². The molecule has 0 aliphatic heterocycles. The van der Waals surface area contributed by atoms with Crippen molar-refractivity contribution in [2.75, 3.05) is 19.6 Å². The van der Waals surface area contributed by atoms with E-state index in [2.05, 4.69) is 5.32 Å². The van der Waals surface area contributed by atoms with Crippen LogP contribution in [0.5, 0.6) is 0 Å². The van der Waals surface area contributed by atoms with Crippen LogP contribution in [0.15, 0.2) is 24.3 Å². The third-order valence-electron chi connectivity index (χ3n) is 3.67. The third-order valence-corrected chi connectivity index (χ3v) is 3.67. The van der Waals surface area contributed by atoms with Crippen LogP contribution in [0.4, 0.5) is 22.8 Å². The molecule has 0 radical (unpaired) electrons. The minimum atomic E-state index is -4.52. The van der Waals surface area contributed by atoms with Crippen LogP contribution in [0, 0.1) is 0 Å². The predicted molar refractivity (Wildman–Crippen MR) is 93.7 cm³/mol. The Labute approximate surface area is 156 Å². The molecule has 1 atom stereocenters. The summed E-state index contributed by atoms with van der Waals surface area (Å²) < 4.78 is 44.1. The van der Waals surface area contributed by atoms with Crippen LogP contribution >= 0.6 is 0 Å². The van der Waals surface area contributed by atoms with E-state index in [-0.39, 0.29) is 25.2 Å². The first-order valence-electron chi connectivity index (χ1n) is 8.45. The Morgan fingerprint density at radius 1 is 1.26 bits per heavy atom. The summed E-state index contributed by atoms with van der Waals surface area (Å²) in [5.74, 6) is -0.670. The van der Waals surface area contributed by atoms with E-state index < -0.39 is 35.4 Å². The molecular formula is C18H25F3N2O4. The average Bonchev–Trinajstić information content (AvgIpc) is 2.52. The molecule has 6 nitrogen and oxygen atoms in total. The monoisotopic (exact) mass is 390 g/mol. The molecule has 2 N–H and O–H groups in total. The maximum absolute atomic E-state index is 13.0. The Hall–Kier alpha value is -2.45. The van der Waals surface area contributed by atoms with E-state index in [1.54, 1.807) is 27.7 Å². The van der Waals surface area contributed by atoms with Gasteiger partial charge in [0.05, 0.1) is 5.56 Å². The van der Waals surface area contributed by atoms with Crippen LogP contribution in [0.25, 0.3) is 0 Å². The van der Waals surface area contributed by atoms with E-state index in [9.17, 15) is 27.9 Å². The molecule has 0 saturated carbocycles. The summed E-state index contributed by atoms with van der Waals surface area (Å²) in [5.41, 5.74) is -1.28. The van der Waals surface area contributed by atoms with Crippen LogP contribution in [-0.4, -0.2) is 47.4 Å². The van der Waals surface area contributed by atoms with E-state index in [4.69, 9.17) is 4.74 Å². The van der Waals surface area contributed by atoms with Gasteiger partial charge in [-0.05, 0) is 39.3 Å². The molecule has 9 heteroatoms. The van der Waals surface area contributed by atoms with Gasteiger partial charge < -0.3 is 20.1 Å². The van der Waals surface area contributed by atoms with Gasteiger partial charge in [-0.3, -0.25) is 0 Å². The highest BCUT2D eigenvalue weighted by Crippen LogP contribution is 2.31. The number of nitrogens with one attached hydrogen (secondary N) is 1. The number of hydrogen-bond acceptors (Lipinski definition) is 3. The Morgan fingerprint density at radius 3 is 2.37 bits per heavy atom. The molecule has 1 aromatic rings. The summed E-state index contributed by atoms with van der Waals surface area (Å²) in [4.78, 5) is 24.2. The van der Waals surface area contributed by atoms with Gasteiger partial charge in [0.2, 0.25) is 0 Å². The number of amides is 2. The maximum atomic E-state index is 13.0. The molecule has 0 fully saturated rings. The zero-order valence-electron chi connectivity index (χ0n) is 15.8. The zero-order valence-corrected chi connectivity index (χ0v) is 15.8. The molecule has 0 saturated heterocycles. The number of nitrogens with zero attached hydrogens (tertiary/aromatic N) is 1. The standard InChI is InChI=1S/C18H25F3N2O4/c1-5-23(16(25)26)11-13(10-22-15(24)27-17(2,3)4)12-7-6-8-14(9-12)18(19,20)21/h6-9,13H,5,10-11H2,1-4H3,(H,22,24)(H,25,26). The summed E-state index contributed by atoms with van der Waals surface area (Å²) >= 11 is 0. The van der Waals surface area contributed by atoms with Crippen molar-refractivity contribution >= 4 is 12.2 Å². The number of carboxylic acid groups (broad SMARTS) is 1. The number of alkyl halides is 3. The summed E-state index contributed by atoms with van der Waals surface area (Å²) in [6.07, 6.45) is -6.43. The van der Waals surface area contributed by atoms with Crippen LogP contribution in [0.2, 0.25) is 0 Å². The second-order valence-corrected chi connectivity index (χ2v) is 7.02. The molecule has 1 unspecified atom stereocenters. The molecule has 27 heavy (non-hydrogen) atoms. The van der Waals surface area contributed by atoms with Crippen LogP contribution in [-0.2, 0) is 10.9 Å². The summed E-state index contributed by atoms with van der Waals surface area (Å²) in [6, 6.07) is 4.65. The quantitative estimate of drug-likeness (QED) is 0.759. The van der Waals surface area contributed by atoms with Gasteiger partial charge in [0.15, 0.2) is 0 Å². The SMILES string of the molecule is CCN(CC(CNC(=O)OC(C)(C)C)c1cccc(C(F)(F)F)c1)C(=O)O. The molecule has 2 amide bonds. The minimum absolute atomic E-state index is 0.0665. The van der Waals surface area contributed by atoms with Crippen molar-refractivity contribution in [1.82, 2.24) is 10.2 Å². The van der Waals surface area contributed by atoms with Gasteiger partial charge in [-0.15, -0.1) is 0 Å². The average molecular weight is 390 g/mol. The second-order valence-electron chi connectivity index (χ2n) is 7.02. The third kappa shape index (κ3) is 7.76. The number of alkyl carbamates (subject to hydrolysis) is 1. The van der Waals surface area contributed by atoms with Crippen molar-refractivity contribution < 1.29 is 32.6 Å². The molecule has 0 aromatic heterocycles. The lowest BCUT2D eigenvalue weighted by Gasteiger charge is -2.26. The van der Waals surface area contributed by atoms with Crippen molar-refractivity contribution in [3.8, 4) is 0 Å². The van der Waals surface area contributed by atoms with Crippen molar-refractivity contribution in [2.45, 2.75) is 45.4 Å². The summed E-state index contributed by atoms with van der Waals surface area (Å²) in [7, 11) is 0. The number of rotatable bonds is 6. The highest BCUT2D eigenvalue weighted by Gasteiger charge is 2.31. The highest BCUT2D eigenvalue weighted by atomic mass is 19.4. The zero-order chi connectivity index (χ0) is 20.8. The number of carbonyl (C=O) groups is 2. The van der Waals surface area contributed by atoms with E-state index in [1.807, 2.05) is 0 Å². The van der Waals surface area contributed by atoms with E-state index in [1.165, 1.54) is 12.1 Å². The number of ether oxygens (including phenoxy) is 1. The largest absolute Gasteiger partial charge is 0.465 e. The van der Waals surface area contributed by atoms with Gasteiger partial charge in [-0.25, -0.2) is 9.59 Å². The Morgan fingerprint density at radius 2 is 1.89 bits per heavy atom. The lowest BCUT2D eigenvalue weighted by atomic mass is 9.96. The number of hydrogen-bond donors (Lipinski definition) is 2. The summed E-state index contributed by atoms with van der Waals surface area (Å²) in [5, 5.41) is 11.7. The fraction of sp³-hybridized carbons (Fsp3) is 0.556. The molecular weight excluding hydrogens is 365 g/mol. The van der Waals surface area contributed by atoms with Crippen LogP contribution in [0.3, 0.4) is 0 Å². The first kappa shape index (κ1) is 22.6. The number of carbonyl (C=O) groups excluding carboxylic acids is 1. The smallest absolute Gasteiger partial charge is 0.416 e. The minimum Gasteiger partial charge on any atom is -0.465 e. The van der Waals surface area contributed by atoms with E-state index >= 15 is 0 Å². The summed E-state index contributed by atoms with van der Waals surface area (Å²) in [6.45, 7) is 6.69. The number of benzene rings is 1. The van der Waals surface area contributed by atoms with Crippen LogP contribution in [0.1, 0.15) is 44.7 Å². The van der Waals surface area contributed by atoms with Crippen molar-refractivity contribution in [1.29, 1.82) is 0 Å². The van der Waals surface area contributed by atoms with Crippen molar-refractivity contribution in [3.63, 3.8) is 0 Å². The lowest BCUT2D eigenvalue weighted by Crippen LogP contribution is -2.39. The highest BCUT2D eigenvalue weighted by molar-refractivity contribution is 5.68. The molecule has 1 rings (SSSR count). The molecule has 0 bridgehead atoms. The van der Waals surface area contributed by atoms with Gasteiger partial charge in [0.25, 0.3) is 0 Å². The lowest BCUT2D eigenvalue weighted by molar-refractivity contribution is -0.137. The van der Waals surface area contributed by atoms with Crippen molar-refractivity contribution in [2.24, 2.45) is 0 Å². The number of halogens is 3. The van der Waals surface area contributed by atoms with E-state index in [0.717, 1.165) is 17.0 Å². The molecule has 1 aromatic carbocycles.